The largest absolute Gasteiger partial charge is 0.481 e. The third kappa shape index (κ3) is 2.06. The molecule has 0 bridgehead atoms. The second-order valence-electron chi connectivity index (χ2n) is 3.29. The quantitative estimate of drug-likeness (QED) is 0.835. The predicted molar refractivity (Wildman–Crippen MR) is 55.7 cm³/mol. The summed E-state index contributed by atoms with van der Waals surface area (Å²) in [5.41, 5.74) is 1.68. The Labute approximate surface area is 94.7 Å². The molecule has 0 amide bonds. The monoisotopic (exact) mass is 239 g/mol. The SMILES string of the molecule is CC(Cn1nnnc1-c1cncs1)C(=O)O. The standard InChI is InChI=1S/C8H9N5O2S/c1-5(8(14)15)3-13-7(10-11-12-13)6-2-9-4-16-6/h2,4-5H,3H2,1H3,(H,14,15). The highest BCUT2D eigenvalue weighted by atomic mass is 32.1. The highest BCUT2D eigenvalue weighted by Gasteiger charge is 2.17. The highest BCUT2D eigenvalue weighted by molar-refractivity contribution is 7.13. The van der Waals surface area contributed by atoms with Gasteiger partial charge in [-0.1, -0.05) is 6.92 Å². The zero-order chi connectivity index (χ0) is 11.5. The van der Waals surface area contributed by atoms with Crippen LogP contribution in [0.1, 0.15) is 6.92 Å². The molecule has 1 unspecified atom stereocenters. The smallest absolute Gasteiger partial charge is 0.308 e. The molecule has 2 aromatic heterocycles. The molecule has 0 radical (unpaired) electrons. The van der Waals surface area contributed by atoms with Gasteiger partial charge in [-0.3, -0.25) is 9.78 Å². The molecule has 7 nitrogen and oxygen atoms in total. The number of thiazole rings is 1. The van der Waals surface area contributed by atoms with Crippen LogP contribution in [0.5, 0.6) is 0 Å². The van der Waals surface area contributed by atoms with Crippen molar-refractivity contribution in [2.75, 3.05) is 0 Å². The lowest BCUT2D eigenvalue weighted by molar-refractivity contribution is -0.141. The zero-order valence-electron chi connectivity index (χ0n) is 8.44. The number of hydrogen-bond donors (Lipinski definition) is 1. The summed E-state index contributed by atoms with van der Waals surface area (Å²) in [7, 11) is 0. The zero-order valence-corrected chi connectivity index (χ0v) is 9.26. The number of tetrazole rings is 1. The predicted octanol–water partition coefficient (Wildman–Crippen LogP) is 0.517. The number of aliphatic carboxylic acids is 1. The molecule has 2 rings (SSSR count). The van der Waals surface area contributed by atoms with E-state index in [0.29, 0.717) is 5.82 Å². The van der Waals surface area contributed by atoms with E-state index in [1.807, 2.05) is 0 Å². The summed E-state index contributed by atoms with van der Waals surface area (Å²) in [5.74, 6) is -0.850. The fraction of sp³-hybridized carbons (Fsp3) is 0.375. The molecule has 0 aromatic carbocycles. The van der Waals surface area contributed by atoms with Crippen molar-refractivity contribution in [2.45, 2.75) is 13.5 Å². The van der Waals surface area contributed by atoms with Crippen molar-refractivity contribution in [3.05, 3.63) is 11.7 Å². The summed E-state index contributed by atoms with van der Waals surface area (Å²) in [6, 6.07) is 0. The van der Waals surface area contributed by atoms with Crippen molar-refractivity contribution in [3.8, 4) is 10.7 Å². The first-order chi connectivity index (χ1) is 7.68. The molecule has 0 spiro atoms. The number of carbonyl (C=O) groups is 1. The maximum atomic E-state index is 10.7. The molecule has 0 fully saturated rings. The first kappa shape index (κ1) is 10.7. The van der Waals surface area contributed by atoms with Gasteiger partial charge in [0.1, 0.15) is 0 Å². The van der Waals surface area contributed by atoms with Crippen LogP contribution in [0.4, 0.5) is 0 Å². The van der Waals surface area contributed by atoms with Gasteiger partial charge in [-0.2, -0.15) is 0 Å². The number of nitrogens with zero attached hydrogens (tertiary/aromatic N) is 5. The van der Waals surface area contributed by atoms with Gasteiger partial charge < -0.3 is 5.11 Å². The Hall–Kier alpha value is -1.83. The topological polar surface area (TPSA) is 93.8 Å². The maximum Gasteiger partial charge on any atom is 0.308 e. The van der Waals surface area contributed by atoms with Gasteiger partial charge in [-0.05, 0) is 10.4 Å². The van der Waals surface area contributed by atoms with Crippen LogP contribution in [0.2, 0.25) is 0 Å². The van der Waals surface area contributed by atoms with Crippen LogP contribution in [-0.4, -0.2) is 36.3 Å². The Kier molecular flexibility index (Phi) is 2.91. The van der Waals surface area contributed by atoms with Crippen LogP contribution in [0.15, 0.2) is 11.7 Å². The summed E-state index contributed by atoms with van der Waals surface area (Å²) in [5, 5.41) is 20.0. The molecule has 1 N–H and O–H groups in total. The lowest BCUT2D eigenvalue weighted by Crippen LogP contribution is -2.18. The van der Waals surface area contributed by atoms with E-state index >= 15 is 0 Å². The highest BCUT2D eigenvalue weighted by Crippen LogP contribution is 2.20. The molecule has 2 aromatic rings. The van der Waals surface area contributed by atoms with Crippen molar-refractivity contribution in [2.24, 2.45) is 5.92 Å². The summed E-state index contributed by atoms with van der Waals surface area (Å²) in [4.78, 5) is 15.5. The van der Waals surface area contributed by atoms with Gasteiger partial charge in [0, 0.05) is 6.20 Å². The van der Waals surface area contributed by atoms with E-state index in [0.717, 1.165) is 4.88 Å². The molecule has 16 heavy (non-hydrogen) atoms. The minimum atomic E-state index is -0.870. The molecule has 8 heteroatoms. The van der Waals surface area contributed by atoms with Crippen molar-refractivity contribution in [1.82, 2.24) is 25.2 Å². The molecule has 2 heterocycles. The van der Waals surface area contributed by atoms with E-state index < -0.39 is 11.9 Å². The van der Waals surface area contributed by atoms with E-state index in [9.17, 15) is 4.79 Å². The molecule has 84 valence electrons. The second kappa shape index (κ2) is 4.35. The van der Waals surface area contributed by atoms with E-state index in [1.54, 1.807) is 18.6 Å². The summed E-state index contributed by atoms with van der Waals surface area (Å²) >= 11 is 1.41. The maximum absolute atomic E-state index is 10.7. The lowest BCUT2D eigenvalue weighted by atomic mass is 10.2. The normalized spacial score (nSPS) is 12.6. The molecular weight excluding hydrogens is 230 g/mol. The Morgan fingerprint density at radius 3 is 3.12 bits per heavy atom. The number of aromatic nitrogens is 5. The molecule has 0 aliphatic carbocycles. The Morgan fingerprint density at radius 2 is 2.50 bits per heavy atom. The van der Waals surface area contributed by atoms with Gasteiger partial charge in [0.15, 0.2) is 5.82 Å². The first-order valence-corrected chi connectivity index (χ1v) is 5.44. The number of rotatable bonds is 4. The van der Waals surface area contributed by atoms with E-state index in [4.69, 9.17) is 5.11 Å². The van der Waals surface area contributed by atoms with Crippen molar-refractivity contribution < 1.29 is 9.90 Å². The Bertz CT molecular complexity index is 480. The van der Waals surface area contributed by atoms with Crippen molar-refractivity contribution >= 4 is 17.3 Å². The van der Waals surface area contributed by atoms with E-state index in [-0.39, 0.29) is 6.54 Å². The Morgan fingerprint density at radius 1 is 1.69 bits per heavy atom. The van der Waals surface area contributed by atoms with E-state index in [2.05, 4.69) is 20.5 Å². The molecular formula is C8H9N5O2S. The fourth-order valence-corrected chi connectivity index (χ4v) is 1.78. The third-order valence-corrected chi connectivity index (χ3v) is 2.82. The minimum absolute atomic E-state index is 0.246. The summed E-state index contributed by atoms with van der Waals surface area (Å²) in [6.07, 6.45) is 1.65. The minimum Gasteiger partial charge on any atom is -0.481 e. The number of hydrogen-bond acceptors (Lipinski definition) is 6. The van der Waals surface area contributed by atoms with Crippen LogP contribution in [0.3, 0.4) is 0 Å². The molecule has 1 atom stereocenters. The molecule has 0 saturated carbocycles. The summed E-state index contributed by atoms with van der Waals surface area (Å²) < 4.78 is 1.48. The van der Waals surface area contributed by atoms with Crippen molar-refractivity contribution in [1.29, 1.82) is 0 Å². The van der Waals surface area contributed by atoms with E-state index in [1.165, 1.54) is 16.0 Å². The Balaban J connectivity index is 2.23. The number of carboxylic acids is 1. The third-order valence-electron chi connectivity index (χ3n) is 2.05. The fourth-order valence-electron chi connectivity index (χ4n) is 1.17. The van der Waals surface area contributed by atoms with Crippen molar-refractivity contribution in [3.63, 3.8) is 0 Å². The molecule has 0 aliphatic heterocycles. The molecule has 0 saturated heterocycles. The van der Waals surface area contributed by atoms with Crippen LogP contribution in [0.25, 0.3) is 10.7 Å². The lowest BCUT2D eigenvalue weighted by Gasteiger charge is -2.06. The van der Waals surface area contributed by atoms with Gasteiger partial charge in [0.25, 0.3) is 0 Å². The van der Waals surface area contributed by atoms with Gasteiger partial charge >= 0.3 is 5.97 Å². The van der Waals surface area contributed by atoms with Crippen LogP contribution in [-0.2, 0) is 11.3 Å². The molecule has 0 aliphatic rings. The van der Waals surface area contributed by atoms with Crippen LogP contribution < -0.4 is 0 Å². The van der Waals surface area contributed by atoms with Gasteiger partial charge in [-0.25, -0.2) is 4.68 Å². The van der Waals surface area contributed by atoms with Crippen LogP contribution >= 0.6 is 11.3 Å². The van der Waals surface area contributed by atoms with Gasteiger partial charge in [0.2, 0.25) is 0 Å². The average Bonchev–Trinajstić information content (AvgIpc) is 2.85. The van der Waals surface area contributed by atoms with Gasteiger partial charge in [-0.15, -0.1) is 16.4 Å². The van der Waals surface area contributed by atoms with Crippen LogP contribution in [0, 0.1) is 5.92 Å². The summed E-state index contributed by atoms with van der Waals surface area (Å²) in [6.45, 7) is 1.86. The second-order valence-corrected chi connectivity index (χ2v) is 4.18. The van der Waals surface area contributed by atoms with Gasteiger partial charge in [0.05, 0.1) is 22.9 Å². The first-order valence-electron chi connectivity index (χ1n) is 4.56. The average molecular weight is 239 g/mol. The number of carboxylic acid groups (broad SMARTS) is 1.